The Hall–Kier alpha value is -4.98. The van der Waals surface area contributed by atoms with Crippen molar-refractivity contribution >= 4 is 34.2 Å². The fourth-order valence-corrected chi connectivity index (χ4v) is 3.26. The first-order chi connectivity index (χ1) is 16.5. The van der Waals surface area contributed by atoms with Gasteiger partial charge in [0, 0.05) is 35.4 Å². The molecule has 0 spiro atoms. The van der Waals surface area contributed by atoms with Crippen LogP contribution in [0.15, 0.2) is 119 Å². The molecule has 0 bridgehead atoms. The molecule has 0 unspecified atom stereocenters. The van der Waals surface area contributed by atoms with E-state index in [4.69, 9.17) is 9.98 Å². The third kappa shape index (κ3) is 5.25. The molecule has 0 aliphatic carbocycles. The Morgan fingerprint density at radius 2 is 0.824 bits per heavy atom. The lowest BCUT2D eigenvalue weighted by molar-refractivity contribution is -0.385. The Bertz CT molecular complexity index is 1260. The molecule has 0 atom stereocenters. The minimum absolute atomic E-state index is 0.0250. The third-order valence-electron chi connectivity index (χ3n) is 4.92. The number of nitrogens with zero attached hydrogens (tertiary/aromatic N) is 4. The summed E-state index contributed by atoms with van der Waals surface area (Å²) in [4.78, 5) is 30.7. The summed E-state index contributed by atoms with van der Waals surface area (Å²) in [7, 11) is 0. The number of hydrogen-bond acceptors (Lipinski definition) is 6. The standard InChI is InChI=1S/C26H18N4O4/c31-29(32)23-15-11-21(12-16-23)27-25(19-7-3-1-4-8-19)26(20-9-5-2-6-10-20)28-22-13-17-24(18-14-22)30(33)34/h1-18H. The van der Waals surface area contributed by atoms with Gasteiger partial charge in [-0.25, -0.2) is 9.98 Å². The highest BCUT2D eigenvalue weighted by molar-refractivity contribution is 6.54. The van der Waals surface area contributed by atoms with Gasteiger partial charge in [0.1, 0.15) is 0 Å². The van der Waals surface area contributed by atoms with Crippen LogP contribution in [-0.4, -0.2) is 21.3 Å². The van der Waals surface area contributed by atoms with Gasteiger partial charge in [-0.1, -0.05) is 60.7 Å². The van der Waals surface area contributed by atoms with Gasteiger partial charge < -0.3 is 0 Å². The lowest BCUT2D eigenvalue weighted by Gasteiger charge is -2.12. The number of rotatable bonds is 7. The topological polar surface area (TPSA) is 111 Å². The van der Waals surface area contributed by atoms with E-state index < -0.39 is 9.85 Å². The van der Waals surface area contributed by atoms with E-state index in [1.54, 1.807) is 24.3 Å². The molecule has 0 saturated heterocycles. The summed E-state index contributed by atoms with van der Waals surface area (Å²) in [5.74, 6) is 0. The number of hydrogen-bond donors (Lipinski definition) is 0. The summed E-state index contributed by atoms with van der Waals surface area (Å²) >= 11 is 0. The number of aliphatic imine (C=N–C) groups is 2. The molecule has 0 aliphatic rings. The summed E-state index contributed by atoms with van der Waals surface area (Å²) in [6, 6.07) is 30.8. The van der Waals surface area contributed by atoms with Crippen LogP contribution >= 0.6 is 0 Å². The predicted molar refractivity (Wildman–Crippen MR) is 131 cm³/mol. The fourth-order valence-electron chi connectivity index (χ4n) is 3.26. The summed E-state index contributed by atoms with van der Waals surface area (Å²) in [5.41, 5.74) is 3.70. The van der Waals surface area contributed by atoms with Crippen molar-refractivity contribution in [3.8, 4) is 0 Å². The number of nitro benzene ring substituents is 2. The van der Waals surface area contributed by atoms with Crippen LogP contribution in [0.3, 0.4) is 0 Å². The summed E-state index contributed by atoms with van der Waals surface area (Å²) < 4.78 is 0. The van der Waals surface area contributed by atoms with Crippen molar-refractivity contribution in [1.82, 2.24) is 0 Å². The molecule has 0 heterocycles. The zero-order valence-corrected chi connectivity index (χ0v) is 17.8. The number of nitro groups is 2. The monoisotopic (exact) mass is 450 g/mol. The molecule has 4 aromatic carbocycles. The number of benzene rings is 4. The van der Waals surface area contributed by atoms with Crippen molar-refractivity contribution in [1.29, 1.82) is 0 Å². The predicted octanol–water partition coefficient (Wildman–Crippen LogP) is 6.44. The fraction of sp³-hybridized carbons (Fsp3) is 0. The van der Waals surface area contributed by atoms with Crippen LogP contribution in [0.2, 0.25) is 0 Å². The molecule has 166 valence electrons. The van der Waals surface area contributed by atoms with Gasteiger partial charge in [0.15, 0.2) is 0 Å². The largest absolute Gasteiger partial charge is 0.269 e. The molecule has 0 amide bonds. The van der Waals surface area contributed by atoms with E-state index in [1.165, 1.54) is 24.3 Å². The molecule has 4 rings (SSSR count). The average Bonchev–Trinajstić information content (AvgIpc) is 2.87. The minimum Gasteiger partial charge on any atom is -0.258 e. The molecule has 8 heteroatoms. The number of non-ortho nitro benzene ring substituents is 2. The smallest absolute Gasteiger partial charge is 0.258 e. The van der Waals surface area contributed by atoms with Crippen LogP contribution in [0.1, 0.15) is 11.1 Å². The van der Waals surface area contributed by atoms with Crippen LogP contribution in [0.5, 0.6) is 0 Å². The molecule has 0 aliphatic heterocycles. The maximum atomic E-state index is 11.0. The van der Waals surface area contributed by atoms with Gasteiger partial charge in [-0.2, -0.15) is 0 Å². The second-order valence-corrected chi connectivity index (χ2v) is 7.20. The Morgan fingerprint density at radius 1 is 0.500 bits per heavy atom. The van der Waals surface area contributed by atoms with Crippen molar-refractivity contribution < 1.29 is 9.85 Å². The highest BCUT2D eigenvalue weighted by Gasteiger charge is 2.16. The van der Waals surface area contributed by atoms with Gasteiger partial charge in [0.25, 0.3) is 11.4 Å². The Morgan fingerprint density at radius 3 is 1.12 bits per heavy atom. The molecule has 0 fully saturated rings. The maximum Gasteiger partial charge on any atom is 0.269 e. The van der Waals surface area contributed by atoms with Gasteiger partial charge in [0.05, 0.1) is 32.6 Å². The van der Waals surface area contributed by atoms with Crippen molar-refractivity contribution in [2.45, 2.75) is 0 Å². The molecule has 8 nitrogen and oxygen atoms in total. The lowest BCUT2D eigenvalue weighted by atomic mass is 9.99. The second-order valence-electron chi connectivity index (χ2n) is 7.20. The van der Waals surface area contributed by atoms with Gasteiger partial charge in [-0.05, 0) is 24.3 Å². The zero-order valence-electron chi connectivity index (χ0n) is 17.8. The van der Waals surface area contributed by atoms with Crippen molar-refractivity contribution in [2.24, 2.45) is 9.98 Å². The van der Waals surface area contributed by atoms with E-state index in [0.29, 0.717) is 22.8 Å². The Balaban J connectivity index is 1.89. The van der Waals surface area contributed by atoms with Crippen LogP contribution in [0.4, 0.5) is 22.7 Å². The lowest BCUT2D eigenvalue weighted by Crippen LogP contribution is -2.17. The minimum atomic E-state index is -0.461. The van der Waals surface area contributed by atoms with E-state index in [0.717, 1.165) is 11.1 Å². The normalized spacial score (nSPS) is 11.8. The SMILES string of the molecule is O=[N+]([O-])c1ccc(N=C(C(=Nc2ccc([N+](=O)[O-])cc2)c2ccccc2)c2ccccc2)cc1. The molecular weight excluding hydrogens is 432 g/mol. The summed E-state index contributed by atoms with van der Waals surface area (Å²) in [6.07, 6.45) is 0. The third-order valence-corrected chi connectivity index (χ3v) is 4.92. The first kappa shape index (κ1) is 22.2. The average molecular weight is 450 g/mol. The van der Waals surface area contributed by atoms with Gasteiger partial charge in [-0.3, -0.25) is 20.2 Å². The van der Waals surface area contributed by atoms with Crippen LogP contribution in [0, 0.1) is 20.2 Å². The van der Waals surface area contributed by atoms with Gasteiger partial charge >= 0.3 is 0 Å². The van der Waals surface area contributed by atoms with Gasteiger partial charge in [0.2, 0.25) is 0 Å². The van der Waals surface area contributed by atoms with Crippen LogP contribution in [0.25, 0.3) is 0 Å². The molecule has 0 radical (unpaired) electrons. The van der Waals surface area contributed by atoms with E-state index in [-0.39, 0.29) is 11.4 Å². The summed E-state index contributed by atoms with van der Waals surface area (Å²) in [5, 5.41) is 22.1. The van der Waals surface area contributed by atoms with Gasteiger partial charge in [-0.15, -0.1) is 0 Å². The van der Waals surface area contributed by atoms with Crippen molar-refractivity contribution in [2.75, 3.05) is 0 Å². The van der Waals surface area contributed by atoms with Crippen LogP contribution < -0.4 is 0 Å². The molecule has 0 aromatic heterocycles. The molecule has 34 heavy (non-hydrogen) atoms. The molecule has 0 saturated carbocycles. The first-order valence-corrected chi connectivity index (χ1v) is 10.3. The first-order valence-electron chi connectivity index (χ1n) is 10.3. The van der Waals surface area contributed by atoms with Crippen molar-refractivity contribution in [3.63, 3.8) is 0 Å². The maximum absolute atomic E-state index is 11.0. The van der Waals surface area contributed by atoms with E-state index in [2.05, 4.69) is 0 Å². The zero-order chi connectivity index (χ0) is 23.9. The molecule has 0 N–H and O–H groups in total. The van der Waals surface area contributed by atoms with Crippen molar-refractivity contribution in [3.05, 3.63) is 141 Å². The Labute approximate surface area is 194 Å². The quantitative estimate of drug-likeness (QED) is 0.183. The Kier molecular flexibility index (Phi) is 6.60. The van der Waals surface area contributed by atoms with E-state index in [1.807, 2.05) is 60.7 Å². The van der Waals surface area contributed by atoms with E-state index in [9.17, 15) is 20.2 Å². The van der Waals surface area contributed by atoms with Crippen LogP contribution in [-0.2, 0) is 0 Å². The molecular formula is C26H18N4O4. The highest BCUT2D eigenvalue weighted by Crippen LogP contribution is 2.24. The van der Waals surface area contributed by atoms with E-state index >= 15 is 0 Å². The second kappa shape index (κ2) is 10.1. The summed E-state index contributed by atoms with van der Waals surface area (Å²) in [6.45, 7) is 0. The molecule has 4 aromatic rings. The highest BCUT2D eigenvalue weighted by atomic mass is 16.6.